The molecule has 0 N–H and O–H groups in total. The second-order valence-corrected chi connectivity index (χ2v) is 42.6. The van der Waals surface area contributed by atoms with Crippen LogP contribution in [-0.2, 0) is 0 Å². The van der Waals surface area contributed by atoms with E-state index in [1.54, 1.807) is 0 Å². The van der Waals surface area contributed by atoms with E-state index >= 15 is 0 Å². The lowest BCUT2D eigenvalue weighted by atomic mass is 9.99. The highest BCUT2D eigenvalue weighted by molar-refractivity contribution is 8.18. The van der Waals surface area contributed by atoms with Gasteiger partial charge in [0, 0.05) is 0 Å². The zero-order chi connectivity index (χ0) is 13.6. The first-order chi connectivity index (χ1) is 6.69. The summed E-state index contributed by atoms with van der Waals surface area (Å²) in [4.78, 5) is 0. The van der Waals surface area contributed by atoms with Gasteiger partial charge in [0.1, 0.15) is 0 Å². The molecule has 0 bridgehead atoms. The lowest BCUT2D eigenvalue weighted by Crippen LogP contribution is -2.68. The van der Waals surface area contributed by atoms with Crippen LogP contribution < -0.4 is 0 Å². The Bertz CT molecular complexity index is 240. The molecule has 0 aliphatic rings. The Labute approximate surface area is 132 Å². The molecule has 0 saturated carbocycles. The third-order valence-corrected chi connectivity index (χ3v) is 58.0. The fourth-order valence-electron chi connectivity index (χ4n) is 1.29. The van der Waals surface area contributed by atoms with Crippen molar-refractivity contribution in [2.75, 3.05) is 0 Å². The molecule has 0 aliphatic heterocycles. The van der Waals surface area contributed by atoms with Crippen LogP contribution in [0.15, 0.2) is 0 Å². The van der Waals surface area contributed by atoms with Gasteiger partial charge in [-0.3, -0.25) is 0 Å². The monoisotopic (exact) mass is 414 g/mol. The molecule has 0 aliphatic carbocycles. The normalized spacial score (nSPS) is 15.8. The predicted octanol–water partition coefficient (Wildman–Crippen LogP) is 6.07. The van der Waals surface area contributed by atoms with E-state index in [9.17, 15) is 0 Å². The number of halogens is 7. The summed E-state index contributed by atoms with van der Waals surface area (Å²) in [6, 6.07) is 0. The van der Waals surface area contributed by atoms with Gasteiger partial charge in [-0.25, -0.2) is 0 Å². The predicted molar refractivity (Wildman–Crippen MR) is 87.1 cm³/mol. The van der Waals surface area contributed by atoms with Crippen LogP contribution >= 0.6 is 77.6 Å². The third kappa shape index (κ3) is 3.22. The number of hydrogen-bond donors (Lipinski definition) is 0. The van der Waals surface area contributed by atoms with E-state index in [1.807, 2.05) is 27.7 Å². The van der Waals surface area contributed by atoms with Crippen molar-refractivity contribution in [3.05, 3.63) is 0 Å². The van der Waals surface area contributed by atoms with Gasteiger partial charge in [0.2, 0.25) is 6.42 Å². The summed E-state index contributed by atoms with van der Waals surface area (Å²) in [5.74, 6) is 0.183. The Kier molecular flexibility index (Phi) is 6.52. The molecule has 0 saturated heterocycles. The van der Waals surface area contributed by atoms with Crippen molar-refractivity contribution < 1.29 is 0 Å². The standard InChI is InChI=1S/C6H13Cl7Si3/c1-5(2)6(3,4)14(7,15(8,9)10)16(11,12)13/h5H,1-4H3. The smallest absolute Gasteiger partial charge is 0.164 e. The van der Waals surface area contributed by atoms with Crippen LogP contribution in [0.25, 0.3) is 0 Å². The topological polar surface area (TPSA) is 0 Å². The van der Waals surface area contributed by atoms with Gasteiger partial charge < -0.3 is 0 Å². The summed E-state index contributed by atoms with van der Waals surface area (Å²) in [7, 11) is 0. The first-order valence-corrected chi connectivity index (χ1v) is 19.6. The van der Waals surface area contributed by atoms with Gasteiger partial charge in [-0.15, -0.1) is 66.5 Å². The second-order valence-electron chi connectivity index (χ2n) is 4.53. The molecule has 0 nitrogen and oxygen atoms in total. The quantitative estimate of drug-likeness (QED) is 0.384. The summed E-state index contributed by atoms with van der Waals surface area (Å²) in [5.41, 5.74) is -6.52. The van der Waals surface area contributed by atoms with Gasteiger partial charge in [0.05, 0.1) is 0 Å². The molecule has 0 rings (SSSR count). The van der Waals surface area contributed by atoms with E-state index in [4.69, 9.17) is 77.6 Å². The Morgan fingerprint density at radius 1 is 0.750 bits per heavy atom. The van der Waals surface area contributed by atoms with E-state index in [0.717, 1.165) is 0 Å². The summed E-state index contributed by atoms with van der Waals surface area (Å²) in [5, 5.41) is -0.441. The molecule has 0 atom stereocenters. The van der Waals surface area contributed by atoms with E-state index < -0.39 is 22.5 Å². The average Bonchev–Trinajstić information content (AvgIpc) is 1.97. The van der Waals surface area contributed by atoms with Crippen molar-refractivity contribution in [2.24, 2.45) is 5.92 Å². The maximum atomic E-state index is 6.65. The minimum atomic E-state index is -3.26. The van der Waals surface area contributed by atoms with Crippen molar-refractivity contribution >= 4 is 95.0 Å². The molecule has 0 spiro atoms. The van der Waals surface area contributed by atoms with E-state index in [-0.39, 0.29) is 5.92 Å². The Morgan fingerprint density at radius 2 is 1.00 bits per heavy atom. The van der Waals surface area contributed by atoms with Crippen LogP contribution in [0.5, 0.6) is 0 Å². The Hall–Kier alpha value is 2.68. The van der Waals surface area contributed by atoms with Crippen LogP contribution in [0.2, 0.25) is 5.04 Å². The maximum absolute atomic E-state index is 6.65. The Morgan fingerprint density at radius 3 is 1.06 bits per heavy atom. The summed E-state index contributed by atoms with van der Waals surface area (Å²) in [6.07, 6.45) is -3.10. The molecule has 0 fully saturated rings. The van der Waals surface area contributed by atoms with Crippen LogP contribution in [0, 0.1) is 5.92 Å². The van der Waals surface area contributed by atoms with Gasteiger partial charge in [0.25, 0.3) is 0 Å². The fourth-order valence-corrected chi connectivity index (χ4v) is 62.4. The Balaban J connectivity index is 5.81. The van der Waals surface area contributed by atoms with Crippen molar-refractivity contribution in [1.29, 1.82) is 0 Å². The minimum absolute atomic E-state index is 0.183. The fraction of sp³-hybridized carbons (Fsp3) is 1.00. The SMILES string of the molecule is CC(C)C(C)(C)[Si](Cl)([Si](Cl)(Cl)Cl)[Si](Cl)(Cl)Cl. The maximum Gasteiger partial charge on any atom is 0.344 e. The molecule has 0 aromatic carbocycles. The van der Waals surface area contributed by atoms with E-state index in [0.29, 0.717) is 0 Å². The van der Waals surface area contributed by atoms with Crippen molar-refractivity contribution in [3.63, 3.8) is 0 Å². The first-order valence-electron chi connectivity index (χ1n) is 4.52. The lowest BCUT2D eigenvalue weighted by molar-refractivity contribution is 0.472. The summed E-state index contributed by atoms with van der Waals surface area (Å²) >= 11 is 43.5. The van der Waals surface area contributed by atoms with Crippen molar-refractivity contribution in [1.82, 2.24) is 0 Å². The van der Waals surface area contributed by atoms with E-state index in [1.165, 1.54) is 0 Å². The van der Waals surface area contributed by atoms with Gasteiger partial charge in [0.15, 0.2) is 0 Å². The third-order valence-electron chi connectivity index (χ3n) is 3.11. The lowest BCUT2D eigenvalue weighted by Gasteiger charge is -2.47. The molecule has 10 heteroatoms. The second kappa shape index (κ2) is 5.58. The van der Waals surface area contributed by atoms with Crippen molar-refractivity contribution in [3.8, 4) is 0 Å². The van der Waals surface area contributed by atoms with Crippen LogP contribution in [-0.4, -0.2) is 17.5 Å². The van der Waals surface area contributed by atoms with Gasteiger partial charge in [-0.05, 0) is 11.0 Å². The van der Waals surface area contributed by atoms with Crippen molar-refractivity contribution in [2.45, 2.75) is 32.7 Å². The highest BCUT2D eigenvalue weighted by Gasteiger charge is 2.74. The zero-order valence-corrected chi connectivity index (χ0v) is 17.5. The molecule has 0 aromatic rings. The molecule has 0 unspecified atom stereocenters. The molecule has 98 valence electrons. The summed E-state index contributed by atoms with van der Waals surface area (Å²) < 4.78 is 0. The van der Waals surface area contributed by atoms with Crippen LogP contribution in [0.3, 0.4) is 0 Å². The molecule has 0 aromatic heterocycles. The van der Waals surface area contributed by atoms with Gasteiger partial charge >= 0.3 is 11.0 Å². The average molecular weight is 418 g/mol. The molecule has 16 heavy (non-hydrogen) atoms. The molecule has 0 amide bonds. The molecular weight excluding hydrogens is 404 g/mol. The van der Waals surface area contributed by atoms with Gasteiger partial charge in [-0.1, -0.05) is 27.7 Å². The van der Waals surface area contributed by atoms with Crippen LogP contribution in [0.4, 0.5) is 0 Å². The first kappa shape index (κ1) is 18.7. The van der Waals surface area contributed by atoms with Gasteiger partial charge in [-0.2, -0.15) is 11.1 Å². The number of rotatable bonds is 4. The largest absolute Gasteiger partial charge is 0.344 e. The number of hydrogen-bond acceptors (Lipinski definition) is 0. The molecule has 0 radical (unpaired) electrons. The van der Waals surface area contributed by atoms with Crippen LogP contribution in [0.1, 0.15) is 27.7 Å². The molecular formula is C6H13Cl7Si3. The minimum Gasteiger partial charge on any atom is -0.164 e. The highest BCUT2D eigenvalue weighted by atomic mass is 35.9. The zero-order valence-electron chi connectivity index (χ0n) is 9.22. The van der Waals surface area contributed by atoms with E-state index in [2.05, 4.69) is 0 Å². The molecule has 0 heterocycles. The highest BCUT2D eigenvalue weighted by Crippen LogP contribution is 2.60. The summed E-state index contributed by atoms with van der Waals surface area (Å²) in [6.45, 7) is 7.86.